The molecule has 0 bridgehead atoms. The fraction of sp³-hybridized carbons (Fsp3) is 0.452. The number of unbranched alkanes of at least 4 members (excludes halogenated alkanes) is 3. The minimum atomic E-state index is -1.33. The largest absolute Gasteiger partial charge is 1.00 e. The van der Waals surface area contributed by atoms with Crippen molar-refractivity contribution in [1.29, 1.82) is 0 Å². The molecule has 12 heteroatoms. The van der Waals surface area contributed by atoms with Crippen molar-refractivity contribution in [2.45, 2.75) is 58.0 Å². The van der Waals surface area contributed by atoms with Gasteiger partial charge in [0.2, 0.25) is 12.0 Å². The van der Waals surface area contributed by atoms with Gasteiger partial charge in [-0.3, -0.25) is 14.4 Å². The standard InChI is InChI=1S/C31H36FN5O5.BrH/c1-2-3-4-5-10-33-28(38)20-34-11-6-7-21(18-34)30(40)36-14-12-35(13-15-36)27-17-26-23(16-25(27)32)29(39)24(31(41)42)19-37(26)22-8-9-22;/h6-7,11,16-19,22H,2-5,8-10,12-15,20H2,1H3,(H-,33,38,41,42);1H. The van der Waals surface area contributed by atoms with E-state index in [0.29, 0.717) is 49.5 Å². The molecule has 2 amide bonds. The highest BCUT2D eigenvalue weighted by atomic mass is 79.9. The van der Waals surface area contributed by atoms with Gasteiger partial charge in [-0.2, -0.15) is 4.57 Å². The number of carbonyl (C=O) groups is 3. The third-order valence-electron chi connectivity index (χ3n) is 7.96. The van der Waals surface area contributed by atoms with Gasteiger partial charge in [-0.05, 0) is 37.5 Å². The van der Waals surface area contributed by atoms with E-state index in [1.165, 1.54) is 6.20 Å². The van der Waals surface area contributed by atoms with E-state index in [4.69, 9.17) is 0 Å². The van der Waals surface area contributed by atoms with E-state index in [2.05, 4.69) is 12.2 Å². The van der Waals surface area contributed by atoms with Crippen molar-refractivity contribution in [3.8, 4) is 0 Å². The van der Waals surface area contributed by atoms with Crippen LogP contribution in [0.25, 0.3) is 10.9 Å². The number of piperazine rings is 1. The number of hydrogen-bond donors (Lipinski definition) is 2. The first-order valence-electron chi connectivity index (χ1n) is 14.7. The van der Waals surface area contributed by atoms with Gasteiger partial charge in [0.05, 0.1) is 11.2 Å². The SMILES string of the molecule is CCCCCCNC(=O)C[n+]1cccc(C(=O)N2CCN(c3cc4c(cc3F)c(=O)c(C(=O)O)cn4C3CC3)CC2)c1.[Br-]. The number of aromatic carboxylic acids is 1. The van der Waals surface area contributed by atoms with Gasteiger partial charge in [0.15, 0.2) is 12.4 Å². The van der Waals surface area contributed by atoms with Crippen molar-refractivity contribution in [1.82, 2.24) is 14.8 Å². The van der Waals surface area contributed by atoms with Crippen LogP contribution in [0.15, 0.2) is 47.7 Å². The second kappa shape index (κ2) is 14.1. The minimum absolute atomic E-state index is 0. The number of nitrogens with one attached hydrogen (secondary N) is 1. The molecule has 2 N–H and O–H groups in total. The Hall–Kier alpha value is -3.80. The predicted octanol–water partition coefficient (Wildman–Crippen LogP) is 0.124. The van der Waals surface area contributed by atoms with Crippen LogP contribution in [0.5, 0.6) is 0 Å². The fourth-order valence-corrected chi connectivity index (χ4v) is 5.49. The average Bonchev–Trinajstić information content (AvgIpc) is 3.82. The first-order chi connectivity index (χ1) is 20.3. The molecular formula is C31H37BrFN5O5. The van der Waals surface area contributed by atoms with Crippen LogP contribution < -0.4 is 37.2 Å². The number of halogens is 2. The second-order valence-corrected chi connectivity index (χ2v) is 11.1. The number of nitrogens with zero attached hydrogens (tertiary/aromatic N) is 4. The van der Waals surface area contributed by atoms with Gasteiger partial charge in [-0.15, -0.1) is 0 Å². The van der Waals surface area contributed by atoms with Gasteiger partial charge in [-0.1, -0.05) is 26.2 Å². The summed E-state index contributed by atoms with van der Waals surface area (Å²) in [6.45, 7) is 4.44. The van der Waals surface area contributed by atoms with Crippen LogP contribution in [0.3, 0.4) is 0 Å². The molecule has 230 valence electrons. The van der Waals surface area contributed by atoms with Gasteiger partial charge in [0.1, 0.15) is 16.9 Å². The summed E-state index contributed by atoms with van der Waals surface area (Å²) in [5.41, 5.74) is 0.256. The molecule has 1 aliphatic carbocycles. The van der Waals surface area contributed by atoms with Gasteiger partial charge in [0, 0.05) is 56.4 Å². The zero-order valence-electron chi connectivity index (χ0n) is 24.2. The summed E-state index contributed by atoms with van der Waals surface area (Å²) >= 11 is 0. The van der Waals surface area contributed by atoms with E-state index in [-0.39, 0.29) is 52.3 Å². The van der Waals surface area contributed by atoms with E-state index in [1.807, 2.05) is 4.90 Å². The Balaban J connectivity index is 0.00000423. The van der Waals surface area contributed by atoms with E-state index in [1.54, 1.807) is 44.6 Å². The molecule has 2 aromatic heterocycles. The van der Waals surface area contributed by atoms with Gasteiger partial charge in [0.25, 0.3) is 11.8 Å². The average molecular weight is 659 g/mol. The third-order valence-corrected chi connectivity index (χ3v) is 7.96. The third kappa shape index (κ3) is 7.41. The molecule has 3 aromatic rings. The highest BCUT2D eigenvalue weighted by Crippen LogP contribution is 2.38. The first kappa shape index (κ1) is 32.1. The zero-order valence-corrected chi connectivity index (χ0v) is 25.8. The highest BCUT2D eigenvalue weighted by molar-refractivity contribution is 5.94. The van der Waals surface area contributed by atoms with E-state index >= 15 is 4.39 Å². The second-order valence-electron chi connectivity index (χ2n) is 11.1. The van der Waals surface area contributed by atoms with Crippen molar-refractivity contribution in [3.05, 3.63) is 70.0 Å². The molecular weight excluding hydrogens is 621 g/mol. The Morgan fingerprint density at radius 1 is 1.09 bits per heavy atom. The normalized spacial score (nSPS) is 14.8. The molecule has 0 radical (unpaired) electrons. The summed E-state index contributed by atoms with van der Waals surface area (Å²) in [5.74, 6) is -2.19. The van der Waals surface area contributed by atoms with Crippen molar-refractivity contribution in [2.75, 3.05) is 37.6 Å². The number of amides is 2. The van der Waals surface area contributed by atoms with Gasteiger partial charge >= 0.3 is 5.97 Å². The molecule has 2 fully saturated rings. The molecule has 5 rings (SSSR count). The van der Waals surface area contributed by atoms with Crippen LogP contribution >= 0.6 is 0 Å². The lowest BCUT2D eigenvalue weighted by atomic mass is 10.1. The first-order valence-corrected chi connectivity index (χ1v) is 14.7. The topological polar surface area (TPSA) is 116 Å². The molecule has 10 nitrogen and oxygen atoms in total. The molecule has 1 saturated heterocycles. The van der Waals surface area contributed by atoms with Crippen molar-refractivity contribution in [3.63, 3.8) is 0 Å². The Labute approximate surface area is 259 Å². The quantitative estimate of drug-likeness (QED) is 0.224. The number of anilines is 1. The van der Waals surface area contributed by atoms with Crippen LogP contribution in [0.4, 0.5) is 10.1 Å². The number of carboxylic acids is 1. The summed E-state index contributed by atoms with van der Waals surface area (Å²) in [6, 6.07) is 6.32. The molecule has 43 heavy (non-hydrogen) atoms. The van der Waals surface area contributed by atoms with Crippen LogP contribution in [0, 0.1) is 5.82 Å². The highest BCUT2D eigenvalue weighted by Gasteiger charge is 2.29. The molecule has 0 spiro atoms. The van der Waals surface area contributed by atoms with Crippen LogP contribution in [-0.2, 0) is 11.3 Å². The number of rotatable bonds is 11. The Bertz CT molecular complexity index is 1570. The van der Waals surface area contributed by atoms with Crippen molar-refractivity contribution >= 4 is 34.4 Å². The van der Waals surface area contributed by atoms with E-state index < -0.39 is 17.2 Å². The molecule has 0 unspecified atom stereocenters. The maximum Gasteiger partial charge on any atom is 0.341 e. The maximum atomic E-state index is 15.3. The van der Waals surface area contributed by atoms with E-state index in [9.17, 15) is 24.3 Å². The maximum absolute atomic E-state index is 15.3. The van der Waals surface area contributed by atoms with Gasteiger partial charge in [-0.25, -0.2) is 9.18 Å². The minimum Gasteiger partial charge on any atom is -1.00 e. The Morgan fingerprint density at radius 3 is 2.51 bits per heavy atom. The predicted molar refractivity (Wildman–Crippen MR) is 155 cm³/mol. The fourth-order valence-electron chi connectivity index (χ4n) is 5.49. The molecule has 3 heterocycles. The monoisotopic (exact) mass is 657 g/mol. The summed E-state index contributed by atoms with van der Waals surface area (Å²) in [7, 11) is 0. The van der Waals surface area contributed by atoms with Crippen molar-refractivity contribution < 1.29 is 45.4 Å². The van der Waals surface area contributed by atoms with E-state index in [0.717, 1.165) is 44.6 Å². The van der Waals surface area contributed by atoms with Gasteiger partial charge < -0.3 is 41.8 Å². The lowest BCUT2D eigenvalue weighted by Crippen LogP contribution is -3.00. The molecule has 2 aliphatic rings. The number of carbonyl (C=O) groups excluding carboxylic acids is 2. The lowest BCUT2D eigenvalue weighted by Gasteiger charge is -2.36. The number of benzene rings is 1. The number of hydrogen-bond acceptors (Lipinski definition) is 5. The number of aromatic nitrogens is 2. The lowest BCUT2D eigenvalue weighted by molar-refractivity contribution is -0.684. The summed E-state index contributed by atoms with van der Waals surface area (Å²) < 4.78 is 18.8. The smallest absolute Gasteiger partial charge is 0.341 e. The van der Waals surface area contributed by atoms with Crippen LogP contribution in [0.2, 0.25) is 0 Å². The Kier molecular flexibility index (Phi) is 10.5. The summed E-state index contributed by atoms with van der Waals surface area (Å²) in [6.07, 6.45) is 10.9. The number of carboxylic acid groups (broad SMARTS) is 1. The van der Waals surface area contributed by atoms with Crippen LogP contribution in [0.1, 0.15) is 72.2 Å². The summed E-state index contributed by atoms with van der Waals surface area (Å²) in [4.78, 5) is 53.6. The molecule has 0 atom stereocenters. The molecule has 1 aliphatic heterocycles. The molecule has 1 saturated carbocycles. The summed E-state index contributed by atoms with van der Waals surface area (Å²) in [5, 5.41) is 12.5. The number of fused-ring (bicyclic) bond motifs is 1. The number of pyridine rings is 2. The molecule has 1 aromatic carbocycles. The zero-order chi connectivity index (χ0) is 29.8. The Morgan fingerprint density at radius 2 is 1.84 bits per heavy atom. The van der Waals surface area contributed by atoms with Crippen LogP contribution in [-0.4, -0.2) is 65.1 Å². The van der Waals surface area contributed by atoms with Crippen molar-refractivity contribution in [2.24, 2.45) is 0 Å².